The number of aliphatic hydroxyl groups is 2. The summed E-state index contributed by atoms with van der Waals surface area (Å²) in [6.45, 7) is 6.25. The molecule has 0 spiro atoms. The van der Waals surface area contributed by atoms with Gasteiger partial charge < -0.3 is 20.7 Å². The monoisotopic (exact) mass is 248 g/mol. The van der Waals surface area contributed by atoms with E-state index in [0.29, 0.717) is 13.1 Å². The molecular weight excluding hydrogens is 224 g/mol. The van der Waals surface area contributed by atoms with Gasteiger partial charge in [0.1, 0.15) is 11.6 Å². The van der Waals surface area contributed by atoms with E-state index < -0.39 is 17.6 Å². The van der Waals surface area contributed by atoms with Crippen molar-refractivity contribution in [1.29, 1.82) is 0 Å². The van der Waals surface area contributed by atoms with E-state index in [4.69, 9.17) is 20.7 Å². The van der Waals surface area contributed by atoms with Crippen molar-refractivity contribution in [3.63, 3.8) is 0 Å². The molecule has 0 fully saturated rings. The predicted octanol–water partition coefficient (Wildman–Crippen LogP) is -1.06. The molecule has 0 heterocycles. The standard InChI is InChI=1S/C11H24N2O4/c1-11(2,3)17-10(16)9(12)8-13(4-6-14)5-7-15/h9,14-15H,4-8,12H2,1-3H3. The van der Waals surface area contributed by atoms with Crippen LogP contribution >= 0.6 is 0 Å². The van der Waals surface area contributed by atoms with Gasteiger partial charge in [-0.15, -0.1) is 0 Å². The minimum absolute atomic E-state index is 0.0406. The van der Waals surface area contributed by atoms with Crippen LogP contribution < -0.4 is 5.73 Å². The smallest absolute Gasteiger partial charge is 0.324 e. The molecule has 0 aromatic carbocycles. The van der Waals surface area contributed by atoms with Crippen LogP contribution in [0.25, 0.3) is 0 Å². The zero-order valence-electron chi connectivity index (χ0n) is 10.8. The summed E-state index contributed by atoms with van der Waals surface area (Å²) >= 11 is 0. The van der Waals surface area contributed by atoms with Gasteiger partial charge in [-0.3, -0.25) is 9.69 Å². The summed E-state index contributed by atoms with van der Waals surface area (Å²) in [5.74, 6) is -0.474. The minimum Gasteiger partial charge on any atom is -0.459 e. The van der Waals surface area contributed by atoms with Crippen LogP contribution in [0.15, 0.2) is 0 Å². The highest BCUT2D eigenvalue weighted by molar-refractivity contribution is 5.76. The van der Waals surface area contributed by atoms with Crippen molar-refractivity contribution in [3.05, 3.63) is 0 Å². The van der Waals surface area contributed by atoms with Gasteiger partial charge >= 0.3 is 5.97 Å². The fourth-order valence-corrected chi connectivity index (χ4v) is 1.31. The minimum atomic E-state index is -0.771. The van der Waals surface area contributed by atoms with Gasteiger partial charge in [0.15, 0.2) is 0 Å². The summed E-state index contributed by atoms with van der Waals surface area (Å²) in [6, 6.07) is -0.771. The van der Waals surface area contributed by atoms with Gasteiger partial charge in [0.25, 0.3) is 0 Å². The molecule has 0 aromatic heterocycles. The molecule has 1 unspecified atom stereocenters. The largest absolute Gasteiger partial charge is 0.459 e. The lowest BCUT2D eigenvalue weighted by molar-refractivity contribution is -0.157. The SMILES string of the molecule is CC(C)(C)OC(=O)C(N)CN(CCO)CCO. The van der Waals surface area contributed by atoms with E-state index in [1.54, 1.807) is 25.7 Å². The van der Waals surface area contributed by atoms with Crippen LogP contribution in [0, 0.1) is 0 Å². The molecule has 0 amide bonds. The van der Waals surface area contributed by atoms with Gasteiger partial charge in [-0.1, -0.05) is 0 Å². The van der Waals surface area contributed by atoms with Crippen LogP contribution in [0.5, 0.6) is 0 Å². The van der Waals surface area contributed by atoms with Crippen molar-refractivity contribution >= 4 is 5.97 Å². The van der Waals surface area contributed by atoms with Gasteiger partial charge in [0.2, 0.25) is 0 Å². The topological polar surface area (TPSA) is 96.0 Å². The molecule has 0 aliphatic heterocycles. The van der Waals surface area contributed by atoms with Gasteiger partial charge in [-0.05, 0) is 20.8 Å². The van der Waals surface area contributed by atoms with Gasteiger partial charge in [-0.25, -0.2) is 0 Å². The van der Waals surface area contributed by atoms with E-state index in [2.05, 4.69) is 0 Å². The average Bonchev–Trinajstić information content (AvgIpc) is 2.15. The second kappa shape index (κ2) is 7.60. The highest BCUT2D eigenvalue weighted by Crippen LogP contribution is 2.08. The molecule has 0 aliphatic rings. The Balaban J connectivity index is 4.19. The van der Waals surface area contributed by atoms with E-state index in [1.807, 2.05) is 0 Å². The Labute approximate surface area is 102 Å². The van der Waals surface area contributed by atoms with E-state index in [9.17, 15) is 4.79 Å². The van der Waals surface area contributed by atoms with Crippen molar-refractivity contribution in [2.24, 2.45) is 5.73 Å². The van der Waals surface area contributed by atoms with Crippen LogP contribution in [0.4, 0.5) is 0 Å². The Morgan fingerprint density at radius 2 is 1.76 bits per heavy atom. The van der Waals surface area contributed by atoms with E-state index in [1.165, 1.54) is 0 Å². The molecule has 4 N–H and O–H groups in total. The van der Waals surface area contributed by atoms with Crippen molar-refractivity contribution in [2.45, 2.75) is 32.4 Å². The summed E-state index contributed by atoms with van der Waals surface area (Å²) in [5.41, 5.74) is 5.14. The summed E-state index contributed by atoms with van der Waals surface area (Å²) in [4.78, 5) is 13.3. The Morgan fingerprint density at radius 1 is 1.29 bits per heavy atom. The number of rotatable bonds is 7. The number of carbonyl (C=O) groups is 1. The number of esters is 1. The highest BCUT2D eigenvalue weighted by Gasteiger charge is 2.23. The predicted molar refractivity (Wildman–Crippen MR) is 64.4 cm³/mol. The molecule has 17 heavy (non-hydrogen) atoms. The molecule has 0 saturated heterocycles. The third kappa shape index (κ3) is 8.09. The molecule has 0 aromatic rings. The first-order valence-corrected chi connectivity index (χ1v) is 5.72. The third-order valence-electron chi connectivity index (χ3n) is 2.00. The van der Waals surface area contributed by atoms with E-state index in [0.717, 1.165) is 0 Å². The number of carbonyl (C=O) groups excluding carboxylic acids is 1. The van der Waals surface area contributed by atoms with Crippen LogP contribution in [0.3, 0.4) is 0 Å². The van der Waals surface area contributed by atoms with Crippen molar-refractivity contribution in [1.82, 2.24) is 4.90 Å². The van der Waals surface area contributed by atoms with Crippen LogP contribution in [-0.2, 0) is 9.53 Å². The first-order chi connectivity index (χ1) is 7.80. The maximum absolute atomic E-state index is 11.6. The third-order valence-corrected chi connectivity index (χ3v) is 2.00. The maximum atomic E-state index is 11.6. The average molecular weight is 248 g/mol. The molecule has 6 nitrogen and oxygen atoms in total. The molecular formula is C11H24N2O4. The van der Waals surface area contributed by atoms with Crippen molar-refractivity contribution in [3.8, 4) is 0 Å². The van der Waals surface area contributed by atoms with E-state index >= 15 is 0 Å². The Morgan fingerprint density at radius 3 is 2.12 bits per heavy atom. The normalized spacial score (nSPS) is 13.8. The molecule has 6 heteroatoms. The lowest BCUT2D eigenvalue weighted by Gasteiger charge is -2.26. The number of nitrogens with two attached hydrogens (primary N) is 1. The number of nitrogens with zero attached hydrogens (tertiary/aromatic N) is 1. The second-order valence-electron chi connectivity index (χ2n) is 4.89. The van der Waals surface area contributed by atoms with Gasteiger partial charge in [0.05, 0.1) is 13.2 Å². The zero-order valence-corrected chi connectivity index (χ0v) is 10.8. The molecule has 0 bridgehead atoms. The Hall–Kier alpha value is -0.690. The molecule has 0 rings (SSSR count). The summed E-state index contributed by atoms with van der Waals surface area (Å²) in [7, 11) is 0. The Kier molecular flexibility index (Phi) is 7.29. The molecule has 0 saturated carbocycles. The highest BCUT2D eigenvalue weighted by atomic mass is 16.6. The number of aliphatic hydroxyl groups excluding tert-OH is 2. The zero-order chi connectivity index (χ0) is 13.5. The first kappa shape index (κ1) is 16.3. The summed E-state index contributed by atoms with van der Waals surface area (Å²) in [6.07, 6.45) is 0. The fraction of sp³-hybridized carbons (Fsp3) is 0.909. The van der Waals surface area contributed by atoms with Crippen LogP contribution in [0.1, 0.15) is 20.8 Å². The van der Waals surface area contributed by atoms with Gasteiger partial charge in [-0.2, -0.15) is 0 Å². The number of ether oxygens (including phenoxy) is 1. The molecule has 1 atom stereocenters. The lowest BCUT2D eigenvalue weighted by atomic mass is 10.2. The Bertz CT molecular complexity index is 222. The molecule has 0 aliphatic carbocycles. The first-order valence-electron chi connectivity index (χ1n) is 5.72. The maximum Gasteiger partial charge on any atom is 0.324 e. The molecule has 0 radical (unpaired) electrons. The summed E-state index contributed by atoms with van der Waals surface area (Å²) < 4.78 is 5.14. The quantitative estimate of drug-likeness (QED) is 0.497. The number of hydrogen-bond acceptors (Lipinski definition) is 6. The fourth-order valence-electron chi connectivity index (χ4n) is 1.31. The van der Waals surface area contributed by atoms with Crippen LogP contribution in [-0.4, -0.2) is 65.6 Å². The lowest BCUT2D eigenvalue weighted by Crippen LogP contribution is -2.47. The van der Waals surface area contributed by atoms with Crippen molar-refractivity contribution in [2.75, 3.05) is 32.8 Å². The van der Waals surface area contributed by atoms with Crippen molar-refractivity contribution < 1.29 is 19.7 Å². The molecule has 102 valence electrons. The van der Waals surface area contributed by atoms with Gasteiger partial charge in [0, 0.05) is 19.6 Å². The van der Waals surface area contributed by atoms with E-state index in [-0.39, 0.29) is 19.8 Å². The van der Waals surface area contributed by atoms with Crippen LogP contribution in [0.2, 0.25) is 0 Å². The number of hydrogen-bond donors (Lipinski definition) is 3. The summed E-state index contributed by atoms with van der Waals surface area (Å²) in [5, 5.41) is 17.6. The second-order valence-corrected chi connectivity index (χ2v) is 4.89.